The van der Waals surface area contributed by atoms with Gasteiger partial charge in [0.15, 0.2) is 6.61 Å². The number of aryl methyl sites for hydroxylation is 2. The molecule has 0 fully saturated rings. The zero-order chi connectivity index (χ0) is 19.8. The summed E-state index contributed by atoms with van der Waals surface area (Å²) in [5.41, 5.74) is 3.44. The van der Waals surface area contributed by atoms with Gasteiger partial charge in [-0.05, 0) is 43.7 Å². The van der Waals surface area contributed by atoms with Crippen molar-refractivity contribution in [3.8, 4) is 11.5 Å². The maximum atomic E-state index is 12.0. The zero-order valence-electron chi connectivity index (χ0n) is 15.9. The Hall–Kier alpha value is -3.28. The van der Waals surface area contributed by atoms with Crippen LogP contribution in [0, 0.1) is 13.8 Å². The van der Waals surface area contributed by atoms with Crippen molar-refractivity contribution in [1.82, 2.24) is 0 Å². The summed E-state index contributed by atoms with van der Waals surface area (Å²) in [7, 11) is 3.09. The summed E-state index contributed by atoms with van der Waals surface area (Å²) >= 11 is 0. The van der Waals surface area contributed by atoms with E-state index in [1.54, 1.807) is 31.4 Å². The van der Waals surface area contributed by atoms with E-state index < -0.39 is 11.9 Å². The van der Waals surface area contributed by atoms with Crippen molar-refractivity contribution in [2.24, 2.45) is 0 Å². The number of carbonyl (C=O) groups is 2. The number of hydrogen-bond donors (Lipinski definition) is 1. The number of carbonyl (C=O) groups excluding carboxylic acids is 2. The van der Waals surface area contributed by atoms with Crippen LogP contribution in [0.25, 0.3) is 6.08 Å². The first-order valence-corrected chi connectivity index (χ1v) is 8.37. The molecule has 0 aromatic heterocycles. The van der Waals surface area contributed by atoms with Crippen LogP contribution in [0.1, 0.15) is 16.7 Å². The van der Waals surface area contributed by atoms with Crippen molar-refractivity contribution in [2.45, 2.75) is 13.8 Å². The molecule has 6 heteroatoms. The van der Waals surface area contributed by atoms with E-state index in [9.17, 15) is 9.59 Å². The van der Waals surface area contributed by atoms with Gasteiger partial charge in [0.1, 0.15) is 11.5 Å². The van der Waals surface area contributed by atoms with Crippen LogP contribution in [0.5, 0.6) is 11.5 Å². The van der Waals surface area contributed by atoms with Crippen LogP contribution in [-0.2, 0) is 14.3 Å². The molecule has 2 rings (SSSR count). The van der Waals surface area contributed by atoms with Crippen LogP contribution in [0.4, 0.5) is 5.69 Å². The fourth-order valence-corrected chi connectivity index (χ4v) is 2.44. The number of rotatable bonds is 7. The van der Waals surface area contributed by atoms with Crippen LogP contribution >= 0.6 is 0 Å². The molecule has 0 radical (unpaired) electrons. The first-order chi connectivity index (χ1) is 12.9. The van der Waals surface area contributed by atoms with Gasteiger partial charge in [-0.15, -0.1) is 0 Å². The summed E-state index contributed by atoms with van der Waals surface area (Å²) in [4.78, 5) is 23.8. The van der Waals surface area contributed by atoms with E-state index in [2.05, 4.69) is 5.32 Å². The Kier molecular flexibility index (Phi) is 7.00. The molecule has 2 aromatic carbocycles. The minimum Gasteiger partial charge on any atom is -0.497 e. The lowest BCUT2D eigenvalue weighted by Crippen LogP contribution is -2.20. The standard InChI is InChI=1S/C21H23NO5/c1-14-5-9-18(15(2)11-14)22-20(23)13-27-21(24)10-7-16-6-8-17(25-3)12-19(16)26-4/h5-12H,13H2,1-4H3,(H,22,23). The van der Waals surface area contributed by atoms with E-state index in [0.717, 1.165) is 11.1 Å². The molecule has 0 atom stereocenters. The molecule has 0 bridgehead atoms. The number of methoxy groups -OCH3 is 2. The lowest BCUT2D eigenvalue weighted by molar-refractivity contribution is -0.142. The second-order valence-electron chi connectivity index (χ2n) is 5.92. The minimum absolute atomic E-state index is 0.365. The quantitative estimate of drug-likeness (QED) is 0.597. The largest absolute Gasteiger partial charge is 0.497 e. The van der Waals surface area contributed by atoms with Crippen molar-refractivity contribution in [3.05, 3.63) is 59.2 Å². The van der Waals surface area contributed by atoms with Crippen molar-refractivity contribution in [2.75, 3.05) is 26.1 Å². The number of hydrogen-bond acceptors (Lipinski definition) is 5. The molecule has 0 spiro atoms. The van der Waals surface area contributed by atoms with Crippen molar-refractivity contribution in [3.63, 3.8) is 0 Å². The molecule has 0 saturated heterocycles. The number of benzene rings is 2. The monoisotopic (exact) mass is 369 g/mol. The predicted molar refractivity (Wildman–Crippen MR) is 104 cm³/mol. The first-order valence-electron chi connectivity index (χ1n) is 8.37. The molecule has 1 amide bonds. The Morgan fingerprint density at radius 1 is 1.04 bits per heavy atom. The SMILES string of the molecule is COc1ccc(C=CC(=O)OCC(=O)Nc2ccc(C)cc2C)c(OC)c1. The molecule has 6 nitrogen and oxygen atoms in total. The van der Waals surface area contributed by atoms with E-state index >= 15 is 0 Å². The Morgan fingerprint density at radius 3 is 2.48 bits per heavy atom. The van der Waals surface area contributed by atoms with Crippen LogP contribution in [0.2, 0.25) is 0 Å². The van der Waals surface area contributed by atoms with Crippen molar-refractivity contribution < 1.29 is 23.8 Å². The molecule has 142 valence electrons. The molecule has 0 aliphatic heterocycles. The first kappa shape index (κ1) is 20.0. The summed E-state index contributed by atoms with van der Waals surface area (Å²) in [6, 6.07) is 10.9. The number of amides is 1. The van der Waals surface area contributed by atoms with Gasteiger partial charge in [-0.3, -0.25) is 4.79 Å². The Balaban J connectivity index is 1.90. The lowest BCUT2D eigenvalue weighted by atomic mass is 10.1. The van der Waals surface area contributed by atoms with Gasteiger partial charge in [-0.25, -0.2) is 4.79 Å². The third-order valence-corrected chi connectivity index (χ3v) is 3.84. The second kappa shape index (κ2) is 9.43. The maximum absolute atomic E-state index is 12.0. The topological polar surface area (TPSA) is 73.9 Å². The molecular formula is C21H23NO5. The molecule has 27 heavy (non-hydrogen) atoms. The Morgan fingerprint density at radius 2 is 1.81 bits per heavy atom. The highest BCUT2D eigenvalue weighted by atomic mass is 16.5. The number of anilines is 1. The van der Waals surface area contributed by atoms with Gasteiger partial charge in [-0.2, -0.15) is 0 Å². The maximum Gasteiger partial charge on any atom is 0.331 e. The summed E-state index contributed by atoms with van der Waals surface area (Å²) in [6.45, 7) is 3.51. The molecule has 0 aliphatic carbocycles. The zero-order valence-corrected chi connectivity index (χ0v) is 15.9. The summed E-state index contributed by atoms with van der Waals surface area (Å²) in [5, 5.41) is 2.72. The fraction of sp³-hybridized carbons (Fsp3) is 0.238. The van der Waals surface area contributed by atoms with Crippen LogP contribution in [0.15, 0.2) is 42.5 Å². The van der Waals surface area contributed by atoms with Gasteiger partial charge in [-0.1, -0.05) is 17.7 Å². The smallest absolute Gasteiger partial charge is 0.331 e. The highest BCUT2D eigenvalue weighted by molar-refractivity contribution is 5.95. The van der Waals surface area contributed by atoms with E-state index in [1.165, 1.54) is 13.2 Å². The van der Waals surface area contributed by atoms with E-state index in [0.29, 0.717) is 22.7 Å². The minimum atomic E-state index is -0.622. The van der Waals surface area contributed by atoms with E-state index in [4.69, 9.17) is 14.2 Å². The predicted octanol–water partition coefficient (Wildman–Crippen LogP) is 3.52. The van der Waals surface area contributed by atoms with Gasteiger partial charge >= 0.3 is 5.97 Å². The van der Waals surface area contributed by atoms with Gasteiger partial charge in [0.2, 0.25) is 0 Å². The number of nitrogens with one attached hydrogen (secondary N) is 1. The molecule has 1 N–H and O–H groups in total. The molecule has 0 heterocycles. The van der Waals surface area contributed by atoms with Gasteiger partial charge in [0, 0.05) is 23.4 Å². The molecule has 2 aromatic rings. The molecule has 0 aliphatic rings. The fourth-order valence-electron chi connectivity index (χ4n) is 2.44. The third kappa shape index (κ3) is 5.88. The van der Waals surface area contributed by atoms with Gasteiger partial charge in [0.25, 0.3) is 5.91 Å². The highest BCUT2D eigenvalue weighted by Crippen LogP contribution is 2.25. The second-order valence-corrected chi connectivity index (χ2v) is 5.92. The normalized spacial score (nSPS) is 10.5. The van der Waals surface area contributed by atoms with E-state index in [-0.39, 0.29) is 6.61 Å². The van der Waals surface area contributed by atoms with Crippen molar-refractivity contribution in [1.29, 1.82) is 0 Å². The molecular weight excluding hydrogens is 346 g/mol. The van der Waals surface area contributed by atoms with Gasteiger partial charge in [0.05, 0.1) is 14.2 Å². The van der Waals surface area contributed by atoms with Crippen LogP contribution in [0.3, 0.4) is 0 Å². The third-order valence-electron chi connectivity index (χ3n) is 3.84. The summed E-state index contributed by atoms with van der Waals surface area (Å²) in [5.74, 6) is 0.190. The number of esters is 1. The average molecular weight is 369 g/mol. The average Bonchev–Trinajstić information content (AvgIpc) is 2.66. The summed E-state index contributed by atoms with van der Waals surface area (Å²) in [6.07, 6.45) is 2.80. The van der Waals surface area contributed by atoms with Crippen LogP contribution in [-0.4, -0.2) is 32.7 Å². The Labute approximate surface area is 158 Å². The van der Waals surface area contributed by atoms with Crippen molar-refractivity contribution >= 4 is 23.6 Å². The van der Waals surface area contributed by atoms with E-state index in [1.807, 2.05) is 32.0 Å². The summed E-state index contributed by atoms with van der Waals surface area (Å²) < 4.78 is 15.4. The molecule has 0 unspecified atom stereocenters. The van der Waals surface area contributed by atoms with Gasteiger partial charge < -0.3 is 19.5 Å². The lowest BCUT2D eigenvalue weighted by Gasteiger charge is -2.09. The molecule has 0 saturated carbocycles. The Bertz CT molecular complexity index is 858. The highest BCUT2D eigenvalue weighted by Gasteiger charge is 2.08. The number of ether oxygens (including phenoxy) is 3. The van der Waals surface area contributed by atoms with Crippen LogP contribution < -0.4 is 14.8 Å².